The standard InChI is InChI=1S/C32H61NO13/c1-3-5-6-7-8-9-10-11-12-13-14-16-21(36)20(33-24(37)15-4-2)19-43-31-29(42)27(40)30(23(18-35)45-31)46-32-28(41)26(39)25(38)22(17-34)44-32/h20-23,25-32,34-36,38-42H,3-19H2,1-2H3,(H,33,37). The van der Waals surface area contributed by atoms with Gasteiger partial charge in [0.05, 0.1) is 32.0 Å². The van der Waals surface area contributed by atoms with Gasteiger partial charge in [0.25, 0.3) is 0 Å². The predicted molar refractivity (Wildman–Crippen MR) is 166 cm³/mol. The number of aliphatic hydroxyl groups is 8. The van der Waals surface area contributed by atoms with E-state index in [4.69, 9.17) is 18.9 Å². The van der Waals surface area contributed by atoms with Gasteiger partial charge >= 0.3 is 0 Å². The number of ether oxygens (including phenoxy) is 4. The molecule has 9 N–H and O–H groups in total. The normalized spacial score (nSPS) is 33.1. The number of hydrogen-bond donors (Lipinski definition) is 9. The van der Waals surface area contributed by atoms with Crippen molar-refractivity contribution in [3.05, 3.63) is 0 Å². The van der Waals surface area contributed by atoms with E-state index >= 15 is 0 Å². The van der Waals surface area contributed by atoms with Crippen molar-refractivity contribution in [2.45, 2.75) is 177 Å². The minimum Gasteiger partial charge on any atom is -0.394 e. The summed E-state index contributed by atoms with van der Waals surface area (Å²) < 4.78 is 22.3. The van der Waals surface area contributed by atoms with E-state index in [1.165, 1.54) is 44.9 Å². The Morgan fingerprint density at radius 1 is 0.696 bits per heavy atom. The Kier molecular flexibility index (Phi) is 20.2. The molecule has 2 fully saturated rings. The number of amides is 1. The summed E-state index contributed by atoms with van der Waals surface area (Å²) >= 11 is 0. The molecule has 0 aliphatic carbocycles. The second-order valence-corrected chi connectivity index (χ2v) is 12.7. The largest absolute Gasteiger partial charge is 0.394 e. The van der Waals surface area contributed by atoms with Crippen LogP contribution in [0.1, 0.15) is 104 Å². The lowest BCUT2D eigenvalue weighted by Crippen LogP contribution is -2.65. The zero-order chi connectivity index (χ0) is 34.1. The minimum atomic E-state index is -1.77. The molecule has 12 unspecified atom stereocenters. The van der Waals surface area contributed by atoms with Crippen LogP contribution in [0.3, 0.4) is 0 Å². The Balaban J connectivity index is 1.89. The van der Waals surface area contributed by atoms with E-state index in [9.17, 15) is 45.6 Å². The maximum atomic E-state index is 12.4. The lowest BCUT2D eigenvalue weighted by atomic mass is 9.97. The highest BCUT2D eigenvalue weighted by Crippen LogP contribution is 2.29. The molecule has 272 valence electrons. The monoisotopic (exact) mass is 667 g/mol. The Labute approximate surface area is 273 Å². The second-order valence-electron chi connectivity index (χ2n) is 12.7. The maximum Gasteiger partial charge on any atom is 0.220 e. The third-order valence-corrected chi connectivity index (χ3v) is 8.79. The molecular formula is C32H61NO13. The van der Waals surface area contributed by atoms with Crippen LogP contribution in [0.15, 0.2) is 0 Å². The summed E-state index contributed by atoms with van der Waals surface area (Å²) in [6.45, 7) is 2.42. The van der Waals surface area contributed by atoms with Gasteiger partial charge in [-0.25, -0.2) is 0 Å². The molecule has 14 nitrogen and oxygen atoms in total. The Bertz CT molecular complexity index is 806. The molecule has 46 heavy (non-hydrogen) atoms. The van der Waals surface area contributed by atoms with E-state index in [2.05, 4.69) is 12.2 Å². The molecule has 0 bridgehead atoms. The van der Waals surface area contributed by atoms with Crippen LogP contribution in [0, 0.1) is 0 Å². The van der Waals surface area contributed by atoms with Gasteiger partial charge in [0.2, 0.25) is 5.91 Å². The van der Waals surface area contributed by atoms with Crippen LogP contribution >= 0.6 is 0 Å². The number of aliphatic hydroxyl groups excluding tert-OH is 8. The number of rotatable bonds is 23. The molecule has 0 aromatic heterocycles. The molecule has 1 amide bonds. The van der Waals surface area contributed by atoms with E-state index in [-0.39, 0.29) is 18.9 Å². The van der Waals surface area contributed by atoms with Crippen molar-refractivity contribution in [1.82, 2.24) is 5.32 Å². The van der Waals surface area contributed by atoms with Crippen LogP contribution in [0.2, 0.25) is 0 Å². The highest BCUT2D eigenvalue weighted by molar-refractivity contribution is 5.76. The lowest BCUT2D eigenvalue weighted by molar-refractivity contribution is -0.359. The average molecular weight is 668 g/mol. The molecule has 2 rings (SSSR count). The molecule has 0 spiro atoms. The van der Waals surface area contributed by atoms with E-state index in [1.807, 2.05) is 6.92 Å². The molecule has 2 heterocycles. The van der Waals surface area contributed by atoms with Gasteiger partial charge in [-0.3, -0.25) is 4.79 Å². The van der Waals surface area contributed by atoms with Gasteiger partial charge in [-0.05, 0) is 12.8 Å². The number of hydrogen-bond acceptors (Lipinski definition) is 13. The van der Waals surface area contributed by atoms with Crippen LogP contribution in [-0.2, 0) is 23.7 Å². The molecule has 0 aromatic carbocycles. The first-order chi connectivity index (χ1) is 22.1. The van der Waals surface area contributed by atoms with Crippen molar-refractivity contribution in [3.63, 3.8) is 0 Å². The summed E-state index contributed by atoms with van der Waals surface area (Å²) in [5.41, 5.74) is 0. The summed E-state index contributed by atoms with van der Waals surface area (Å²) in [6, 6.07) is -0.814. The zero-order valence-electron chi connectivity index (χ0n) is 27.6. The fourth-order valence-electron chi connectivity index (χ4n) is 5.87. The van der Waals surface area contributed by atoms with Crippen molar-refractivity contribution in [2.75, 3.05) is 19.8 Å². The number of nitrogens with one attached hydrogen (secondary N) is 1. The molecule has 0 saturated carbocycles. The van der Waals surface area contributed by atoms with Crippen molar-refractivity contribution in [3.8, 4) is 0 Å². The van der Waals surface area contributed by atoms with Gasteiger partial charge in [0, 0.05) is 6.42 Å². The number of unbranched alkanes of at least 4 members (excludes halogenated alkanes) is 10. The third-order valence-electron chi connectivity index (χ3n) is 8.79. The van der Waals surface area contributed by atoms with Gasteiger partial charge in [-0.2, -0.15) is 0 Å². The molecule has 2 aliphatic rings. The summed E-state index contributed by atoms with van der Waals surface area (Å²) in [6.07, 6.45) is -2.51. The van der Waals surface area contributed by atoms with Gasteiger partial charge < -0.3 is 65.1 Å². The second kappa shape index (κ2) is 22.6. The van der Waals surface area contributed by atoms with Gasteiger partial charge in [-0.1, -0.05) is 84.5 Å². The molecular weight excluding hydrogens is 606 g/mol. The zero-order valence-corrected chi connectivity index (χ0v) is 27.6. The average Bonchev–Trinajstić information content (AvgIpc) is 3.04. The highest BCUT2D eigenvalue weighted by Gasteiger charge is 2.50. The molecule has 14 heteroatoms. The van der Waals surface area contributed by atoms with E-state index < -0.39 is 86.8 Å². The topological polar surface area (TPSA) is 228 Å². The van der Waals surface area contributed by atoms with Crippen molar-refractivity contribution in [1.29, 1.82) is 0 Å². The predicted octanol–water partition coefficient (Wildman–Crippen LogP) is -0.0260. The Hall–Kier alpha value is -1.01. The SMILES string of the molecule is CCCCCCCCCCCCCC(O)C(COC1OC(CO)C(OC2OC(CO)C(O)C(O)C2O)C(O)C1O)NC(=O)CCC. The fraction of sp³-hybridized carbons (Fsp3) is 0.969. The summed E-state index contributed by atoms with van der Waals surface area (Å²) in [7, 11) is 0. The molecule has 2 saturated heterocycles. The maximum absolute atomic E-state index is 12.4. The number of carbonyl (C=O) groups excluding carboxylic acids is 1. The van der Waals surface area contributed by atoms with Crippen molar-refractivity contribution < 1.29 is 64.6 Å². The minimum absolute atomic E-state index is 0.251. The van der Waals surface area contributed by atoms with Crippen LogP contribution < -0.4 is 5.32 Å². The van der Waals surface area contributed by atoms with Gasteiger partial charge in [0.15, 0.2) is 12.6 Å². The molecule has 12 atom stereocenters. The van der Waals surface area contributed by atoms with Gasteiger partial charge in [0.1, 0.15) is 48.8 Å². The highest BCUT2D eigenvalue weighted by atomic mass is 16.7. The first-order valence-corrected chi connectivity index (χ1v) is 17.3. The van der Waals surface area contributed by atoms with Crippen LogP contribution in [0.5, 0.6) is 0 Å². The summed E-state index contributed by atoms with van der Waals surface area (Å²) in [5, 5.41) is 85.1. The van der Waals surface area contributed by atoms with E-state index in [1.54, 1.807) is 0 Å². The van der Waals surface area contributed by atoms with E-state index in [0.29, 0.717) is 12.8 Å². The summed E-state index contributed by atoms with van der Waals surface area (Å²) in [5.74, 6) is -0.263. The summed E-state index contributed by atoms with van der Waals surface area (Å²) in [4.78, 5) is 12.4. The third kappa shape index (κ3) is 13.1. The smallest absolute Gasteiger partial charge is 0.220 e. The lowest BCUT2D eigenvalue weighted by Gasteiger charge is -2.46. The quantitative estimate of drug-likeness (QED) is 0.0654. The molecule has 0 radical (unpaired) electrons. The first kappa shape index (κ1) is 41.2. The van der Waals surface area contributed by atoms with Crippen LogP contribution in [0.4, 0.5) is 0 Å². The first-order valence-electron chi connectivity index (χ1n) is 17.3. The Morgan fingerprint density at radius 2 is 1.24 bits per heavy atom. The van der Waals surface area contributed by atoms with Gasteiger partial charge in [-0.15, -0.1) is 0 Å². The fourth-order valence-corrected chi connectivity index (χ4v) is 5.87. The molecule has 2 aliphatic heterocycles. The molecule has 0 aromatic rings. The van der Waals surface area contributed by atoms with Crippen LogP contribution in [0.25, 0.3) is 0 Å². The van der Waals surface area contributed by atoms with Crippen LogP contribution in [-0.4, -0.2) is 140 Å². The Morgan fingerprint density at radius 3 is 1.80 bits per heavy atom. The van der Waals surface area contributed by atoms with Crippen molar-refractivity contribution >= 4 is 5.91 Å². The van der Waals surface area contributed by atoms with E-state index in [0.717, 1.165) is 25.7 Å². The van der Waals surface area contributed by atoms with Crippen molar-refractivity contribution in [2.24, 2.45) is 0 Å². The number of carbonyl (C=O) groups is 1.